The number of hydrazone groups is 1. The standard InChI is InChI=1S/C22H28N4O2/c1-2-19-9-6-10-20(22(19)28)15-23-24-21(27)17-26-13-11-25(12-14-26)16-18-7-4-3-5-8-18/h3-10,15,28H,2,11-14,16-17H2,1H3,(H,24,27)/b23-15+. The lowest BCUT2D eigenvalue weighted by Gasteiger charge is -2.34. The molecule has 0 atom stereocenters. The molecule has 0 saturated carbocycles. The molecule has 0 unspecified atom stereocenters. The molecule has 2 aromatic rings. The highest BCUT2D eigenvalue weighted by molar-refractivity contribution is 5.86. The lowest BCUT2D eigenvalue weighted by atomic mass is 10.1. The Balaban J connectivity index is 1.41. The van der Waals surface area contributed by atoms with Crippen molar-refractivity contribution in [3.05, 3.63) is 65.2 Å². The highest BCUT2D eigenvalue weighted by Crippen LogP contribution is 2.21. The topological polar surface area (TPSA) is 68.2 Å². The fourth-order valence-electron chi connectivity index (χ4n) is 3.36. The smallest absolute Gasteiger partial charge is 0.254 e. The number of piperazine rings is 1. The maximum atomic E-state index is 12.1. The average molecular weight is 380 g/mol. The van der Waals surface area contributed by atoms with E-state index in [2.05, 4.69) is 44.6 Å². The van der Waals surface area contributed by atoms with Crippen LogP contribution in [0.2, 0.25) is 0 Å². The molecule has 3 rings (SSSR count). The van der Waals surface area contributed by atoms with Crippen molar-refractivity contribution in [2.75, 3.05) is 32.7 Å². The maximum absolute atomic E-state index is 12.1. The minimum atomic E-state index is -0.140. The second-order valence-electron chi connectivity index (χ2n) is 7.04. The van der Waals surface area contributed by atoms with Crippen LogP contribution in [0.25, 0.3) is 0 Å². The number of carbonyl (C=O) groups excluding carboxylic acids is 1. The van der Waals surface area contributed by atoms with Crippen molar-refractivity contribution in [1.82, 2.24) is 15.2 Å². The third-order valence-electron chi connectivity index (χ3n) is 5.01. The minimum Gasteiger partial charge on any atom is -0.507 e. The summed E-state index contributed by atoms with van der Waals surface area (Å²) >= 11 is 0. The molecule has 1 heterocycles. The summed E-state index contributed by atoms with van der Waals surface area (Å²) in [5, 5.41) is 14.1. The number of para-hydroxylation sites is 1. The number of phenols is 1. The number of hydrogen-bond donors (Lipinski definition) is 2. The third kappa shape index (κ3) is 5.65. The Morgan fingerprint density at radius 2 is 1.79 bits per heavy atom. The highest BCUT2D eigenvalue weighted by atomic mass is 16.3. The lowest BCUT2D eigenvalue weighted by molar-refractivity contribution is -0.122. The third-order valence-corrected chi connectivity index (χ3v) is 5.01. The van der Waals surface area contributed by atoms with E-state index in [1.165, 1.54) is 11.8 Å². The number of nitrogens with zero attached hydrogens (tertiary/aromatic N) is 3. The van der Waals surface area contributed by atoms with E-state index in [-0.39, 0.29) is 11.7 Å². The second kappa shape index (κ2) is 10.0. The van der Waals surface area contributed by atoms with Crippen molar-refractivity contribution < 1.29 is 9.90 Å². The number of phenolic OH excluding ortho intramolecular Hbond substituents is 1. The molecule has 0 aromatic heterocycles. The van der Waals surface area contributed by atoms with Gasteiger partial charge in [-0.05, 0) is 23.6 Å². The van der Waals surface area contributed by atoms with Gasteiger partial charge in [0, 0.05) is 38.3 Å². The number of carbonyl (C=O) groups is 1. The number of nitrogens with one attached hydrogen (secondary N) is 1. The monoisotopic (exact) mass is 380 g/mol. The molecule has 2 aromatic carbocycles. The van der Waals surface area contributed by atoms with Crippen molar-refractivity contribution in [1.29, 1.82) is 0 Å². The molecule has 1 aliphatic heterocycles. The van der Waals surface area contributed by atoms with Gasteiger partial charge in [-0.15, -0.1) is 0 Å². The van der Waals surface area contributed by atoms with Crippen molar-refractivity contribution in [3.8, 4) is 5.75 Å². The first-order valence-electron chi connectivity index (χ1n) is 9.77. The first-order valence-corrected chi connectivity index (χ1v) is 9.77. The normalized spacial score (nSPS) is 15.8. The maximum Gasteiger partial charge on any atom is 0.254 e. The molecule has 6 nitrogen and oxygen atoms in total. The number of rotatable bonds is 7. The summed E-state index contributed by atoms with van der Waals surface area (Å²) in [5.74, 6) is 0.0800. The molecule has 28 heavy (non-hydrogen) atoms. The Hall–Kier alpha value is -2.70. The average Bonchev–Trinajstić information content (AvgIpc) is 2.71. The van der Waals surface area contributed by atoms with Gasteiger partial charge in [0.15, 0.2) is 0 Å². The van der Waals surface area contributed by atoms with E-state index in [1.807, 2.05) is 25.1 Å². The SMILES string of the molecule is CCc1cccc(/C=N/NC(=O)CN2CCN(Cc3ccccc3)CC2)c1O. The predicted octanol–water partition coefficient (Wildman–Crippen LogP) is 2.22. The van der Waals surface area contributed by atoms with Gasteiger partial charge in [0.1, 0.15) is 5.75 Å². The summed E-state index contributed by atoms with van der Waals surface area (Å²) in [5.41, 5.74) is 5.35. The number of benzene rings is 2. The van der Waals surface area contributed by atoms with Gasteiger partial charge >= 0.3 is 0 Å². The predicted molar refractivity (Wildman–Crippen MR) is 111 cm³/mol. The van der Waals surface area contributed by atoms with Gasteiger partial charge in [0.25, 0.3) is 5.91 Å². The van der Waals surface area contributed by atoms with Crippen molar-refractivity contribution in [2.24, 2.45) is 5.10 Å². The van der Waals surface area contributed by atoms with Crippen molar-refractivity contribution >= 4 is 12.1 Å². The molecule has 6 heteroatoms. The van der Waals surface area contributed by atoms with E-state index in [4.69, 9.17) is 0 Å². The summed E-state index contributed by atoms with van der Waals surface area (Å²) in [6, 6.07) is 16.0. The van der Waals surface area contributed by atoms with Crippen LogP contribution in [-0.2, 0) is 17.8 Å². The van der Waals surface area contributed by atoms with E-state index >= 15 is 0 Å². The molecule has 1 fully saturated rings. The van der Waals surface area contributed by atoms with Crippen LogP contribution < -0.4 is 5.43 Å². The molecule has 1 aliphatic rings. The quantitative estimate of drug-likeness (QED) is 0.571. The number of amides is 1. The van der Waals surface area contributed by atoms with E-state index < -0.39 is 0 Å². The van der Waals surface area contributed by atoms with Gasteiger partial charge in [-0.25, -0.2) is 5.43 Å². The Bertz CT molecular complexity index is 799. The van der Waals surface area contributed by atoms with Gasteiger partial charge in [-0.2, -0.15) is 5.10 Å². The molecule has 0 bridgehead atoms. The Morgan fingerprint density at radius 3 is 2.50 bits per heavy atom. The van der Waals surface area contributed by atoms with E-state index in [1.54, 1.807) is 6.07 Å². The summed E-state index contributed by atoms with van der Waals surface area (Å²) in [4.78, 5) is 16.7. The lowest BCUT2D eigenvalue weighted by Crippen LogP contribution is -2.48. The van der Waals surface area contributed by atoms with Crippen LogP contribution in [0.4, 0.5) is 0 Å². The first kappa shape index (κ1) is 20.0. The summed E-state index contributed by atoms with van der Waals surface area (Å²) in [7, 11) is 0. The largest absolute Gasteiger partial charge is 0.507 e. The molecular formula is C22H28N4O2. The fraction of sp³-hybridized carbons (Fsp3) is 0.364. The zero-order chi connectivity index (χ0) is 19.8. The minimum absolute atomic E-state index is 0.140. The molecule has 0 aliphatic carbocycles. The number of aromatic hydroxyl groups is 1. The van der Waals surface area contributed by atoms with Crippen LogP contribution in [0.5, 0.6) is 5.75 Å². The fourth-order valence-corrected chi connectivity index (χ4v) is 3.36. The molecular weight excluding hydrogens is 352 g/mol. The molecule has 0 spiro atoms. The number of aryl methyl sites for hydroxylation is 1. The van der Waals surface area contributed by atoms with Gasteiger partial charge < -0.3 is 5.11 Å². The zero-order valence-electron chi connectivity index (χ0n) is 16.3. The van der Waals surface area contributed by atoms with E-state index in [0.717, 1.165) is 44.7 Å². The van der Waals surface area contributed by atoms with Gasteiger partial charge in [-0.1, -0.05) is 49.4 Å². The molecule has 1 amide bonds. The van der Waals surface area contributed by atoms with Crippen LogP contribution in [-0.4, -0.2) is 59.8 Å². The summed E-state index contributed by atoms with van der Waals surface area (Å²) in [6.07, 6.45) is 2.24. The molecule has 2 N–H and O–H groups in total. The molecule has 1 saturated heterocycles. The van der Waals surface area contributed by atoms with E-state index in [0.29, 0.717) is 12.1 Å². The summed E-state index contributed by atoms with van der Waals surface area (Å²) in [6.45, 7) is 6.89. The first-order chi connectivity index (χ1) is 13.7. The Morgan fingerprint density at radius 1 is 1.07 bits per heavy atom. The Labute approximate surface area is 166 Å². The highest BCUT2D eigenvalue weighted by Gasteiger charge is 2.18. The van der Waals surface area contributed by atoms with Crippen molar-refractivity contribution in [3.63, 3.8) is 0 Å². The Kier molecular flexibility index (Phi) is 7.17. The van der Waals surface area contributed by atoms with Crippen LogP contribution in [0.1, 0.15) is 23.6 Å². The number of hydrogen-bond acceptors (Lipinski definition) is 5. The summed E-state index contributed by atoms with van der Waals surface area (Å²) < 4.78 is 0. The van der Waals surface area contributed by atoms with Gasteiger partial charge in [0.05, 0.1) is 12.8 Å². The molecule has 0 radical (unpaired) electrons. The van der Waals surface area contributed by atoms with Crippen LogP contribution in [0.3, 0.4) is 0 Å². The van der Waals surface area contributed by atoms with Crippen LogP contribution >= 0.6 is 0 Å². The second-order valence-corrected chi connectivity index (χ2v) is 7.04. The van der Waals surface area contributed by atoms with Crippen LogP contribution in [0.15, 0.2) is 53.6 Å². The molecule has 148 valence electrons. The van der Waals surface area contributed by atoms with Crippen molar-refractivity contribution in [2.45, 2.75) is 19.9 Å². The van der Waals surface area contributed by atoms with Crippen LogP contribution in [0, 0.1) is 0 Å². The van der Waals surface area contributed by atoms with E-state index in [9.17, 15) is 9.90 Å². The van der Waals surface area contributed by atoms with Gasteiger partial charge in [0.2, 0.25) is 0 Å². The zero-order valence-corrected chi connectivity index (χ0v) is 16.3. The van der Waals surface area contributed by atoms with Gasteiger partial charge in [-0.3, -0.25) is 14.6 Å².